The summed E-state index contributed by atoms with van der Waals surface area (Å²) in [7, 11) is 0. The van der Waals surface area contributed by atoms with Gasteiger partial charge in [-0.3, -0.25) is 4.79 Å². The smallest absolute Gasteiger partial charge is 0.308 e. The van der Waals surface area contributed by atoms with Crippen molar-refractivity contribution in [2.45, 2.75) is 62.8 Å². The van der Waals surface area contributed by atoms with E-state index in [1.54, 1.807) is 0 Å². The number of hydrogen-bond donors (Lipinski definition) is 2. The Hall–Kier alpha value is -0.610. The highest BCUT2D eigenvalue weighted by molar-refractivity contribution is 5.73. The molecule has 1 spiro atoms. The van der Waals surface area contributed by atoms with Gasteiger partial charge in [-0.05, 0) is 25.2 Å². The monoisotopic (exact) mass is 252 g/mol. The van der Waals surface area contributed by atoms with Gasteiger partial charge in [0.2, 0.25) is 0 Å². The number of carbonyl (C=O) groups is 1. The molecule has 4 nitrogen and oxygen atoms in total. The Bertz CT molecular complexity index is 461. The van der Waals surface area contributed by atoms with Gasteiger partial charge in [0.05, 0.1) is 17.1 Å². The lowest BCUT2D eigenvalue weighted by Gasteiger charge is -2.75. The number of ether oxygens (including phenoxy) is 1. The third kappa shape index (κ3) is 0.874. The standard InChI is InChI=1S/C14H20O4/c1-8(2)10(15)18-13-4-9-3-11(16)5-12(17,7-13)14(9,13)6-11/h8-9,16-17H,3-7H2,1-2H3. The maximum absolute atomic E-state index is 11.9. The molecule has 0 radical (unpaired) electrons. The molecular formula is C14H20O4. The van der Waals surface area contributed by atoms with E-state index in [-0.39, 0.29) is 17.3 Å². The van der Waals surface area contributed by atoms with E-state index in [2.05, 4.69) is 0 Å². The van der Waals surface area contributed by atoms with Gasteiger partial charge in [-0.15, -0.1) is 0 Å². The Morgan fingerprint density at radius 1 is 1.22 bits per heavy atom. The van der Waals surface area contributed by atoms with E-state index in [0.29, 0.717) is 25.2 Å². The van der Waals surface area contributed by atoms with Crippen LogP contribution in [0.4, 0.5) is 0 Å². The van der Waals surface area contributed by atoms with E-state index in [1.807, 2.05) is 13.8 Å². The summed E-state index contributed by atoms with van der Waals surface area (Å²) in [6.45, 7) is 3.66. The lowest BCUT2D eigenvalue weighted by molar-refractivity contribution is -0.375. The molecule has 4 heteroatoms. The molecule has 0 amide bonds. The van der Waals surface area contributed by atoms with Gasteiger partial charge in [0, 0.05) is 18.3 Å². The van der Waals surface area contributed by atoms with Crippen molar-refractivity contribution >= 4 is 5.97 Å². The van der Waals surface area contributed by atoms with Crippen molar-refractivity contribution in [3.05, 3.63) is 0 Å². The Morgan fingerprint density at radius 2 is 1.94 bits per heavy atom. The minimum atomic E-state index is -0.778. The topological polar surface area (TPSA) is 66.8 Å². The van der Waals surface area contributed by atoms with Crippen LogP contribution >= 0.6 is 0 Å². The summed E-state index contributed by atoms with van der Waals surface area (Å²) in [6, 6.07) is 0. The first-order valence-corrected chi connectivity index (χ1v) is 6.94. The van der Waals surface area contributed by atoms with Crippen molar-refractivity contribution in [2.75, 3.05) is 0 Å². The lowest BCUT2D eigenvalue weighted by Crippen LogP contribution is -2.83. The molecule has 4 rings (SSSR count). The van der Waals surface area contributed by atoms with Gasteiger partial charge in [0.15, 0.2) is 0 Å². The highest BCUT2D eigenvalue weighted by Crippen LogP contribution is 2.86. The third-order valence-corrected chi connectivity index (χ3v) is 6.12. The summed E-state index contributed by atoms with van der Waals surface area (Å²) in [4.78, 5) is 11.9. The number of rotatable bonds is 2. The number of hydrogen-bond acceptors (Lipinski definition) is 4. The van der Waals surface area contributed by atoms with Crippen molar-refractivity contribution in [1.29, 1.82) is 0 Å². The minimum absolute atomic E-state index is 0.134. The van der Waals surface area contributed by atoms with Crippen LogP contribution in [-0.4, -0.2) is 33.0 Å². The summed E-state index contributed by atoms with van der Waals surface area (Å²) in [5.74, 6) is 0.0346. The maximum Gasteiger partial charge on any atom is 0.308 e. The zero-order valence-electron chi connectivity index (χ0n) is 10.9. The van der Waals surface area contributed by atoms with Crippen molar-refractivity contribution in [1.82, 2.24) is 0 Å². The molecule has 4 aliphatic carbocycles. The highest BCUT2D eigenvalue weighted by atomic mass is 16.6. The second-order valence-corrected chi connectivity index (χ2v) is 7.43. The minimum Gasteiger partial charge on any atom is -0.458 e. The predicted molar refractivity (Wildman–Crippen MR) is 62.6 cm³/mol. The third-order valence-electron chi connectivity index (χ3n) is 6.12. The molecule has 0 saturated heterocycles. The van der Waals surface area contributed by atoms with E-state index >= 15 is 0 Å². The molecule has 4 saturated carbocycles. The maximum atomic E-state index is 11.9. The molecule has 0 aromatic heterocycles. The van der Waals surface area contributed by atoms with E-state index in [9.17, 15) is 15.0 Å². The molecule has 0 aromatic carbocycles. The number of aliphatic hydroxyl groups is 2. The molecule has 0 aliphatic heterocycles. The van der Waals surface area contributed by atoms with Gasteiger partial charge in [-0.2, -0.15) is 0 Å². The van der Waals surface area contributed by atoms with E-state index in [4.69, 9.17) is 4.74 Å². The fourth-order valence-electron chi connectivity index (χ4n) is 5.70. The molecule has 100 valence electrons. The van der Waals surface area contributed by atoms with Gasteiger partial charge < -0.3 is 14.9 Å². The van der Waals surface area contributed by atoms with Gasteiger partial charge in [0.25, 0.3) is 0 Å². The van der Waals surface area contributed by atoms with Crippen LogP contribution in [0.5, 0.6) is 0 Å². The summed E-state index contributed by atoms with van der Waals surface area (Å²) < 4.78 is 5.74. The number of fused-ring (bicyclic) bond motifs is 1. The number of carbonyl (C=O) groups excluding carboxylic acids is 1. The van der Waals surface area contributed by atoms with Crippen LogP contribution in [0, 0.1) is 17.3 Å². The summed E-state index contributed by atoms with van der Waals surface area (Å²) in [5.41, 5.74) is -2.27. The SMILES string of the molecule is CC(C)C(=O)OC12CC3CC4(O)CC(O)(C1)C32C4. The molecular weight excluding hydrogens is 232 g/mol. The molecule has 0 aromatic rings. The molecule has 0 heterocycles. The van der Waals surface area contributed by atoms with E-state index in [1.165, 1.54) is 0 Å². The van der Waals surface area contributed by atoms with Gasteiger partial charge in [-0.25, -0.2) is 0 Å². The van der Waals surface area contributed by atoms with Crippen LogP contribution < -0.4 is 0 Å². The Balaban J connectivity index is 1.67. The molecule has 5 atom stereocenters. The van der Waals surface area contributed by atoms with Crippen LogP contribution in [0.3, 0.4) is 0 Å². The van der Waals surface area contributed by atoms with Crippen molar-refractivity contribution in [3.63, 3.8) is 0 Å². The molecule has 4 aliphatic rings. The molecule has 2 N–H and O–H groups in total. The first-order chi connectivity index (χ1) is 8.26. The van der Waals surface area contributed by atoms with Crippen molar-refractivity contribution in [2.24, 2.45) is 17.3 Å². The molecule has 5 unspecified atom stereocenters. The Morgan fingerprint density at radius 3 is 2.50 bits per heavy atom. The average Bonchev–Trinajstić information content (AvgIpc) is 2.60. The Labute approximate surface area is 106 Å². The second-order valence-electron chi connectivity index (χ2n) is 7.43. The Kier molecular flexibility index (Phi) is 1.64. The van der Waals surface area contributed by atoms with Crippen LogP contribution in [0.15, 0.2) is 0 Å². The predicted octanol–water partition coefficient (Wildman–Crippen LogP) is 0.994. The van der Waals surface area contributed by atoms with Crippen molar-refractivity contribution in [3.8, 4) is 0 Å². The average molecular weight is 252 g/mol. The molecule has 4 fully saturated rings. The fourth-order valence-corrected chi connectivity index (χ4v) is 5.70. The molecule has 18 heavy (non-hydrogen) atoms. The zero-order chi connectivity index (χ0) is 13.0. The quantitative estimate of drug-likeness (QED) is 0.719. The largest absolute Gasteiger partial charge is 0.458 e. The second kappa shape index (κ2) is 2.63. The van der Waals surface area contributed by atoms with Gasteiger partial charge >= 0.3 is 5.97 Å². The van der Waals surface area contributed by atoms with E-state index < -0.39 is 16.8 Å². The fraction of sp³-hybridized carbons (Fsp3) is 0.929. The van der Waals surface area contributed by atoms with Crippen LogP contribution in [0.25, 0.3) is 0 Å². The number of esters is 1. The van der Waals surface area contributed by atoms with Gasteiger partial charge in [0.1, 0.15) is 5.60 Å². The summed E-state index contributed by atoms with van der Waals surface area (Å²) >= 11 is 0. The van der Waals surface area contributed by atoms with E-state index in [0.717, 1.165) is 12.8 Å². The zero-order valence-corrected chi connectivity index (χ0v) is 10.9. The van der Waals surface area contributed by atoms with Crippen LogP contribution in [0.1, 0.15) is 46.0 Å². The van der Waals surface area contributed by atoms with Crippen molar-refractivity contribution < 1.29 is 19.7 Å². The van der Waals surface area contributed by atoms with Gasteiger partial charge in [-0.1, -0.05) is 13.8 Å². The summed E-state index contributed by atoms with van der Waals surface area (Å²) in [6.07, 6.45) is 3.22. The molecule has 2 bridgehead atoms. The van der Waals surface area contributed by atoms with Crippen LogP contribution in [-0.2, 0) is 9.53 Å². The highest BCUT2D eigenvalue weighted by Gasteiger charge is 2.92. The lowest BCUT2D eigenvalue weighted by atomic mass is 9.33. The summed E-state index contributed by atoms with van der Waals surface area (Å²) in [5, 5.41) is 21.1. The first-order valence-electron chi connectivity index (χ1n) is 6.94. The normalized spacial score (nSPS) is 59.1. The van der Waals surface area contributed by atoms with Crippen LogP contribution in [0.2, 0.25) is 0 Å². The first kappa shape index (κ1) is 11.2.